The number of amides is 4. The molecule has 0 aromatic heterocycles. The number of anilines is 1. The molecule has 4 amide bonds. The average Bonchev–Trinajstić information content (AvgIpc) is 2.98. The van der Waals surface area contributed by atoms with Crippen molar-refractivity contribution in [2.24, 2.45) is 5.73 Å². The van der Waals surface area contributed by atoms with Crippen LogP contribution in [0, 0.1) is 10.1 Å². The highest BCUT2D eigenvalue weighted by molar-refractivity contribution is 6.16. The minimum Gasteiger partial charge on any atom is -0.369 e. The van der Waals surface area contributed by atoms with Crippen molar-refractivity contribution in [2.75, 3.05) is 4.90 Å². The summed E-state index contributed by atoms with van der Waals surface area (Å²) in [5.41, 5.74) is 7.58. The summed E-state index contributed by atoms with van der Waals surface area (Å²) in [6.45, 7) is 0.120. The lowest BCUT2D eigenvalue weighted by Crippen LogP contribution is -2.40. The molecule has 0 aliphatic rings. The Balaban J connectivity index is 1.63. The lowest BCUT2D eigenvalue weighted by Gasteiger charge is -2.24. The molecule has 0 saturated carbocycles. The highest BCUT2D eigenvalue weighted by Gasteiger charge is 2.30. The van der Waals surface area contributed by atoms with Gasteiger partial charge in [-0.3, -0.25) is 29.3 Å². The van der Waals surface area contributed by atoms with Gasteiger partial charge in [0.25, 0.3) is 5.69 Å². The van der Waals surface area contributed by atoms with Crippen LogP contribution in [0.15, 0.2) is 103 Å². The smallest absolute Gasteiger partial charge is 0.275 e. The normalized spacial score (nSPS) is 10.5. The van der Waals surface area contributed by atoms with E-state index in [0.717, 1.165) is 16.0 Å². The standard InChI is InChI=1S/C33H30N4O6/c34-30(38)18-25-14-16-26(17-15-25)22-35-31(39)21-27-28(12-7-13-29(27)37(42)43)36(32(40)19-23-8-3-1-4-9-23)33(41)20-24-10-5-2-6-11-24/h1-17H,18-22H2,(H2,34,38)(H,35,39). The molecule has 0 aliphatic carbocycles. The molecule has 0 heterocycles. The van der Waals surface area contributed by atoms with Crippen LogP contribution in [0.3, 0.4) is 0 Å². The lowest BCUT2D eigenvalue weighted by molar-refractivity contribution is -0.385. The van der Waals surface area contributed by atoms with Gasteiger partial charge in [0.15, 0.2) is 0 Å². The molecule has 4 aromatic carbocycles. The van der Waals surface area contributed by atoms with Crippen LogP contribution >= 0.6 is 0 Å². The fraction of sp³-hybridized carbons (Fsp3) is 0.152. The number of nitro groups is 1. The van der Waals surface area contributed by atoms with Crippen molar-refractivity contribution in [3.05, 3.63) is 141 Å². The van der Waals surface area contributed by atoms with Gasteiger partial charge in [0.1, 0.15) is 0 Å². The van der Waals surface area contributed by atoms with Gasteiger partial charge in [-0.1, -0.05) is 91.0 Å². The Morgan fingerprint density at radius 3 is 1.67 bits per heavy atom. The van der Waals surface area contributed by atoms with E-state index in [-0.39, 0.29) is 42.7 Å². The number of nitrogens with zero attached hydrogens (tertiary/aromatic N) is 2. The number of benzene rings is 4. The number of carbonyl (C=O) groups is 4. The molecule has 43 heavy (non-hydrogen) atoms. The number of hydrogen-bond acceptors (Lipinski definition) is 6. The molecule has 0 aliphatic heterocycles. The van der Waals surface area contributed by atoms with Gasteiger partial charge in [-0.25, -0.2) is 4.90 Å². The van der Waals surface area contributed by atoms with E-state index in [2.05, 4.69) is 5.32 Å². The maximum absolute atomic E-state index is 13.7. The van der Waals surface area contributed by atoms with Crippen molar-refractivity contribution in [1.82, 2.24) is 5.32 Å². The maximum Gasteiger partial charge on any atom is 0.275 e. The van der Waals surface area contributed by atoms with Gasteiger partial charge in [0, 0.05) is 12.6 Å². The van der Waals surface area contributed by atoms with E-state index >= 15 is 0 Å². The topological polar surface area (TPSA) is 153 Å². The van der Waals surface area contributed by atoms with Crippen LogP contribution in [0.25, 0.3) is 0 Å². The first kappa shape index (κ1) is 30.3. The molecule has 3 N–H and O–H groups in total. The first-order chi connectivity index (χ1) is 20.7. The van der Waals surface area contributed by atoms with E-state index in [0.29, 0.717) is 11.1 Å². The lowest BCUT2D eigenvalue weighted by atomic mass is 10.0. The molecule has 4 aromatic rings. The second-order valence-corrected chi connectivity index (χ2v) is 9.89. The Hall–Kier alpha value is -5.64. The number of imide groups is 1. The summed E-state index contributed by atoms with van der Waals surface area (Å²) >= 11 is 0. The molecule has 0 radical (unpaired) electrons. The Kier molecular flexibility index (Phi) is 10.1. The predicted octanol–water partition coefficient (Wildman–Crippen LogP) is 3.83. The van der Waals surface area contributed by atoms with Gasteiger partial charge in [-0.05, 0) is 28.3 Å². The monoisotopic (exact) mass is 578 g/mol. The maximum atomic E-state index is 13.7. The fourth-order valence-electron chi connectivity index (χ4n) is 4.63. The van der Waals surface area contributed by atoms with Crippen molar-refractivity contribution in [2.45, 2.75) is 32.2 Å². The third-order valence-electron chi connectivity index (χ3n) is 6.69. The number of primary amides is 1. The zero-order valence-corrected chi connectivity index (χ0v) is 23.3. The molecule has 10 heteroatoms. The number of nitro benzene ring substituents is 1. The summed E-state index contributed by atoms with van der Waals surface area (Å²) < 4.78 is 0. The zero-order valence-electron chi connectivity index (χ0n) is 23.3. The Morgan fingerprint density at radius 1 is 0.651 bits per heavy atom. The molecular weight excluding hydrogens is 548 g/mol. The van der Waals surface area contributed by atoms with E-state index in [9.17, 15) is 29.3 Å². The average molecular weight is 579 g/mol. The number of hydrogen-bond donors (Lipinski definition) is 2. The molecule has 0 saturated heterocycles. The SMILES string of the molecule is NC(=O)Cc1ccc(CNC(=O)Cc2c(N(C(=O)Cc3ccccc3)C(=O)Cc3ccccc3)cccc2[N+](=O)[O-])cc1. The van der Waals surface area contributed by atoms with Crippen LogP contribution in [0.2, 0.25) is 0 Å². The third-order valence-corrected chi connectivity index (χ3v) is 6.69. The van der Waals surface area contributed by atoms with Gasteiger partial charge in [-0.15, -0.1) is 0 Å². The molecule has 0 bridgehead atoms. The summed E-state index contributed by atoms with van der Waals surface area (Å²) in [6.07, 6.45) is -0.599. The molecule has 0 atom stereocenters. The summed E-state index contributed by atoms with van der Waals surface area (Å²) in [6, 6.07) is 28.7. The zero-order chi connectivity index (χ0) is 30.8. The summed E-state index contributed by atoms with van der Waals surface area (Å²) in [5, 5.41) is 14.8. The van der Waals surface area contributed by atoms with Crippen molar-refractivity contribution >= 4 is 35.0 Å². The van der Waals surface area contributed by atoms with Crippen molar-refractivity contribution < 1.29 is 24.1 Å². The molecule has 10 nitrogen and oxygen atoms in total. The molecule has 0 unspecified atom stereocenters. The van der Waals surface area contributed by atoms with E-state index < -0.39 is 35.0 Å². The van der Waals surface area contributed by atoms with E-state index in [1.54, 1.807) is 84.9 Å². The van der Waals surface area contributed by atoms with Crippen LogP contribution in [-0.4, -0.2) is 28.6 Å². The minimum atomic E-state index is -0.634. The molecule has 4 rings (SSSR count). The van der Waals surface area contributed by atoms with Crippen LogP contribution in [0.5, 0.6) is 0 Å². The van der Waals surface area contributed by atoms with Crippen LogP contribution in [-0.2, 0) is 51.4 Å². The molecular formula is C33H30N4O6. The Labute approximate surface area is 248 Å². The van der Waals surface area contributed by atoms with Gasteiger partial charge in [-0.2, -0.15) is 0 Å². The first-order valence-corrected chi connectivity index (χ1v) is 13.5. The summed E-state index contributed by atoms with van der Waals surface area (Å²) in [5.74, 6) is -2.15. The van der Waals surface area contributed by atoms with Gasteiger partial charge < -0.3 is 11.1 Å². The highest BCUT2D eigenvalue weighted by Crippen LogP contribution is 2.31. The van der Waals surface area contributed by atoms with Crippen LogP contribution in [0.1, 0.15) is 27.8 Å². The molecule has 0 fully saturated rings. The predicted molar refractivity (Wildman–Crippen MR) is 161 cm³/mol. The van der Waals surface area contributed by atoms with Gasteiger partial charge >= 0.3 is 0 Å². The molecule has 218 valence electrons. The number of carbonyl (C=O) groups excluding carboxylic acids is 4. The van der Waals surface area contributed by atoms with Crippen LogP contribution in [0.4, 0.5) is 11.4 Å². The van der Waals surface area contributed by atoms with E-state index in [4.69, 9.17) is 5.73 Å². The first-order valence-electron chi connectivity index (χ1n) is 13.5. The largest absolute Gasteiger partial charge is 0.369 e. The Bertz CT molecular complexity index is 1570. The van der Waals surface area contributed by atoms with Crippen molar-refractivity contribution in [1.29, 1.82) is 0 Å². The number of nitrogens with two attached hydrogens (primary N) is 1. The minimum absolute atomic E-state index is 0.0120. The fourth-order valence-corrected chi connectivity index (χ4v) is 4.63. The van der Waals surface area contributed by atoms with E-state index in [1.807, 2.05) is 0 Å². The van der Waals surface area contributed by atoms with Crippen LogP contribution < -0.4 is 16.0 Å². The van der Waals surface area contributed by atoms with Crippen molar-refractivity contribution in [3.63, 3.8) is 0 Å². The van der Waals surface area contributed by atoms with Gasteiger partial charge in [0.05, 0.1) is 41.9 Å². The van der Waals surface area contributed by atoms with Crippen molar-refractivity contribution in [3.8, 4) is 0 Å². The van der Waals surface area contributed by atoms with Gasteiger partial charge in [0.2, 0.25) is 23.6 Å². The summed E-state index contributed by atoms with van der Waals surface area (Å²) in [7, 11) is 0. The summed E-state index contributed by atoms with van der Waals surface area (Å²) in [4.78, 5) is 63.9. The third kappa shape index (κ3) is 8.43. The molecule has 0 spiro atoms. The second-order valence-electron chi connectivity index (χ2n) is 9.89. The second kappa shape index (κ2) is 14.3. The number of nitrogens with one attached hydrogen (secondary N) is 1. The Morgan fingerprint density at radius 2 is 1.16 bits per heavy atom. The highest BCUT2D eigenvalue weighted by atomic mass is 16.6. The number of rotatable bonds is 12. The quantitative estimate of drug-likeness (QED) is 0.193. The van der Waals surface area contributed by atoms with E-state index in [1.165, 1.54) is 18.2 Å².